The summed E-state index contributed by atoms with van der Waals surface area (Å²) in [6, 6.07) is 8.38. The van der Waals surface area contributed by atoms with Crippen LogP contribution in [0.15, 0.2) is 34.7 Å². The maximum absolute atomic E-state index is 11.8. The quantitative estimate of drug-likeness (QED) is 0.890. The van der Waals surface area contributed by atoms with Gasteiger partial charge in [0.2, 0.25) is 0 Å². The molecule has 5 heteroatoms. The third-order valence-electron chi connectivity index (χ3n) is 2.17. The molecule has 0 fully saturated rings. The Morgan fingerprint density at radius 3 is 2.65 bits per heavy atom. The van der Waals surface area contributed by atoms with Gasteiger partial charge in [-0.1, -0.05) is 17.7 Å². The summed E-state index contributed by atoms with van der Waals surface area (Å²) in [5.41, 5.74) is 1.55. The average molecular weight is 270 g/mol. The van der Waals surface area contributed by atoms with Crippen LogP contribution < -0.4 is 5.32 Å². The van der Waals surface area contributed by atoms with E-state index in [-0.39, 0.29) is 16.9 Å². The summed E-state index contributed by atoms with van der Waals surface area (Å²) in [5.74, 6) is -0.239. The standard InChI is InChI=1S/C12H9Cl2NO2/c1-7-2-3-8(13)9(6-7)15-12(16)10-4-5-11(14)17-10/h2-6H,1H3,(H,15,16). The molecule has 0 aliphatic carbocycles. The highest BCUT2D eigenvalue weighted by Crippen LogP contribution is 2.24. The molecule has 1 N–H and O–H groups in total. The lowest BCUT2D eigenvalue weighted by Crippen LogP contribution is -2.11. The second-order valence-electron chi connectivity index (χ2n) is 3.54. The molecule has 0 spiro atoms. The lowest BCUT2D eigenvalue weighted by Gasteiger charge is -2.06. The first-order chi connectivity index (χ1) is 8.06. The van der Waals surface area contributed by atoms with Crippen molar-refractivity contribution in [3.63, 3.8) is 0 Å². The predicted molar refractivity (Wildman–Crippen MR) is 67.9 cm³/mol. The summed E-state index contributed by atoms with van der Waals surface area (Å²) in [7, 11) is 0. The van der Waals surface area contributed by atoms with Crippen LogP contribution >= 0.6 is 23.2 Å². The predicted octanol–water partition coefficient (Wildman–Crippen LogP) is 4.15. The van der Waals surface area contributed by atoms with Gasteiger partial charge in [-0.2, -0.15) is 0 Å². The molecule has 0 saturated heterocycles. The minimum Gasteiger partial charge on any atom is -0.440 e. The number of hydrogen-bond acceptors (Lipinski definition) is 2. The summed E-state index contributed by atoms with van der Waals surface area (Å²) in [4.78, 5) is 11.8. The molecule has 1 aromatic carbocycles. The molecule has 0 aliphatic heterocycles. The Labute approximate surface area is 108 Å². The van der Waals surface area contributed by atoms with Crippen LogP contribution in [0, 0.1) is 6.92 Å². The van der Waals surface area contributed by atoms with Crippen LogP contribution in [0.4, 0.5) is 5.69 Å². The molecule has 0 unspecified atom stereocenters. The van der Waals surface area contributed by atoms with E-state index in [0.717, 1.165) is 5.56 Å². The fraction of sp³-hybridized carbons (Fsp3) is 0.0833. The van der Waals surface area contributed by atoms with Crippen molar-refractivity contribution < 1.29 is 9.21 Å². The van der Waals surface area contributed by atoms with Crippen LogP contribution in [0.2, 0.25) is 10.2 Å². The first-order valence-corrected chi connectivity index (χ1v) is 5.64. The maximum atomic E-state index is 11.8. The number of amides is 1. The van der Waals surface area contributed by atoms with E-state index in [4.69, 9.17) is 27.6 Å². The van der Waals surface area contributed by atoms with Crippen LogP contribution in [-0.2, 0) is 0 Å². The first-order valence-electron chi connectivity index (χ1n) is 4.89. The van der Waals surface area contributed by atoms with Crippen LogP contribution in [0.1, 0.15) is 16.1 Å². The number of carbonyl (C=O) groups is 1. The molecule has 17 heavy (non-hydrogen) atoms. The van der Waals surface area contributed by atoms with Crippen molar-refractivity contribution in [1.29, 1.82) is 0 Å². The SMILES string of the molecule is Cc1ccc(Cl)c(NC(=O)c2ccc(Cl)o2)c1. The zero-order valence-corrected chi connectivity index (χ0v) is 10.5. The van der Waals surface area contributed by atoms with Crippen LogP contribution in [-0.4, -0.2) is 5.91 Å². The Hall–Kier alpha value is -1.45. The number of nitrogens with one attached hydrogen (secondary N) is 1. The molecule has 0 saturated carbocycles. The van der Waals surface area contributed by atoms with Crippen molar-refractivity contribution in [2.24, 2.45) is 0 Å². The third-order valence-corrected chi connectivity index (χ3v) is 2.70. The van der Waals surface area contributed by atoms with Crippen molar-refractivity contribution in [2.75, 3.05) is 5.32 Å². The molecule has 0 radical (unpaired) electrons. The zero-order valence-electron chi connectivity index (χ0n) is 8.96. The van der Waals surface area contributed by atoms with Gasteiger partial charge in [-0.25, -0.2) is 0 Å². The lowest BCUT2D eigenvalue weighted by atomic mass is 10.2. The van der Waals surface area contributed by atoms with Crippen LogP contribution in [0.25, 0.3) is 0 Å². The summed E-state index contributed by atoms with van der Waals surface area (Å²) in [6.45, 7) is 1.91. The molecule has 2 rings (SSSR count). The fourth-order valence-corrected chi connectivity index (χ4v) is 1.67. The highest BCUT2D eigenvalue weighted by Gasteiger charge is 2.12. The third kappa shape index (κ3) is 2.81. The number of halogens is 2. The number of anilines is 1. The van der Waals surface area contributed by atoms with Gasteiger partial charge in [-0.05, 0) is 48.4 Å². The van der Waals surface area contributed by atoms with Gasteiger partial charge in [0.25, 0.3) is 5.91 Å². The van der Waals surface area contributed by atoms with Gasteiger partial charge >= 0.3 is 0 Å². The molecular formula is C12H9Cl2NO2. The van der Waals surface area contributed by atoms with Gasteiger partial charge in [-0.15, -0.1) is 0 Å². The number of rotatable bonds is 2. The number of hydrogen-bond donors (Lipinski definition) is 1. The van der Waals surface area contributed by atoms with E-state index in [9.17, 15) is 4.79 Å². The molecule has 1 aromatic heterocycles. The summed E-state index contributed by atoms with van der Waals surface area (Å²) >= 11 is 11.6. The van der Waals surface area contributed by atoms with Gasteiger partial charge in [0, 0.05) is 0 Å². The summed E-state index contributed by atoms with van der Waals surface area (Å²) in [5, 5.41) is 3.30. The van der Waals surface area contributed by atoms with Crippen LogP contribution in [0.3, 0.4) is 0 Å². The molecular weight excluding hydrogens is 261 g/mol. The van der Waals surface area contributed by atoms with E-state index >= 15 is 0 Å². The van der Waals surface area contributed by atoms with Gasteiger partial charge in [0.1, 0.15) is 0 Å². The van der Waals surface area contributed by atoms with Crippen molar-refractivity contribution >= 4 is 34.8 Å². The summed E-state index contributed by atoms with van der Waals surface area (Å²) in [6.07, 6.45) is 0. The van der Waals surface area contributed by atoms with Crippen molar-refractivity contribution in [3.8, 4) is 0 Å². The second kappa shape index (κ2) is 4.82. The Morgan fingerprint density at radius 2 is 2.00 bits per heavy atom. The largest absolute Gasteiger partial charge is 0.440 e. The van der Waals surface area contributed by atoms with Crippen molar-refractivity contribution in [1.82, 2.24) is 0 Å². The molecule has 2 aromatic rings. The zero-order chi connectivity index (χ0) is 12.4. The maximum Gasteiger partial charge on any atom is 0.291 e. The smallest absolute Gasteiger partial charge is 0.291 e. The number of carbonyl (C=O) groups excluding carboxylic acids is 1. The second-order valence-corrected chi connectivity index (χ2v) is 4.32. The molecule has 3 nitrogen and oxygen atoms in total. The fourth-order valence-electron chi connectivity index (χ4n) is 1.36. The van der Waals surface area contributed by atoms with E-state index in [1.165, 1.54) is 12.1 Å². The molecule has 0 bridgehead atoms. The van der Waals surface area contributed by atoms with E-state index in [2.05, 4.69) is 5.32 Å². The van der Waals surface area contributed by atoms with Gasteiger partial charge in [-0.3, -0.25) is 4.79 Å². The molecule has 1 amide bonds. The Kier molecular flexibility index (Phi) is 3.41. The van der Waals surface area contributed by atoms with Gasteiger partial charge in [0.05, 0.1) is 10.7 Å². The minimum absolute atomic E-state index is 0.146. The van der Waals surface area contributed by atoms with Crippen LogP contribution in [0.5, 0.6) is 0 Å². The number of benzene rings is 1. The normalized spacial score (nSPS) is 10.3. The number of furan rings is 1. The Bertz CT molecular complexity index is 563. The molecule has 0 aliphatic rings. The minimum atomic E-state index is -0.385. The Morgan fingerprint density at radius 1 is 1.24 bits per heavy atom. The topological polar surface area (TPSA) is 42.2 Å². The van der Waals surface area contributed by atoms with E-state index in [1.54, 1.807) is 12.1 Å². The highest BCUT2D eigenvalue weighted by atomic mass is 35.5. The van der Waals surface area contributed by atoms with Crippen molar-refractivity contribution in [2.45, 2.75) is 6.92 Å². The summed E-state index contributed by atoms with van der Waals surface area (Å²) < 4.78 is 5.00. The lowest BCUT2D eigenvalue weighted by molar-refractivity contribution is 0.0997. The highest BCUT2D eigenvalue weighted by molar-refractivity contribution is 6.34. The van der Waals surface area contributed by atoms with Gasteiger partial charge < -0.3 is 9.73 Å². The van der Waals surface area contributed by atoms with E-state index in [1.807, 2.05) is 13.0 Å². The average Bonchev–Trinajstić information content (AvgIpc) is 2.70. The van der Waals surface area contributed by atoms with E-state index < -0.39 is 0 Å². The molecule has 1 heterocycles. The molecule has 88 valence electrons. The van der Waals surface area contributed by atoms with E-state index in [0.29, 0.717) is 10.7 Å². The van der Waals surface area contributed by atoms with Gasteiger partial charge in [0.15, 0.2) is 11.0 Å². The monoisotopic (exact) mass is 269 g/mol. The first kappa shape index (κ1) is 12.0. The Balaban J connectivity index is 2.21. The number of aryl methyl sites for hydroxylation is 1. The molecule has 0 atom stereocenters. The van der Waals surface area contributed by atoms with Crippen molar-refractivity contribution in [3.05, 3.63) is 51.9 Å².